The quantitative estimate of drug-likeness (QED) is 0.835. The molecule has 142 valence electrons. The highest BCUT2D eigenvalue weighted by molar-refractivity contribution is 5.93. The predicted molar refractivity (Wildman–Crippen MR) is 96.9 cm³/mol. The van der Waals surface area contributed by atoms with Crippen molar-refractivity contribution in [2.45, 2.75) is 63.2 Å². The Morgan fingerprint density at radius 3 is 2.46 bits per heavy atom. The van der Waals surface area contributed by atoms with Gasteiger partial charge in [-0.2, -0.15) is 0 Å². The summed E-state index contributed by atoms with van der Waals surface area (Å²) in [6, 6.07) is 2.24. The normalized spacial score (nSPS) is 23.8. The van der Waals surface area contributed by atoms with Gasteiger partial charge in [-0.1, -0.05) is 25.7 Å². The largest absolute Gasteiger partial charge is 0.367 e. The maximum absolute atomic E-state index is 12.8. The molecule has 1 aromatic heterocycles. The van der Waals surface area contributed by atoms with Crippen molar-refractivity contribution in [1.29, 1.82) is 0 Å². The summed E-state index contributed by atoms with van der Waals surface area (Å²) in [5, 5.41) is 3.50. The van der Waals surface area contributed by atoms with E-state index in [9.17, 15) is 4.79 Å². The molecule has 3 fully saturated rings. The topological polar surface area (TPSA) is 76.6 Å². The molecule has 3 heterocycles. The Morgan fingerprint density at radius 1 is 1.08 bits per heavy atom. The Bertz CT molecular complexity index is 615. The highest BCUT2D eigenvalue weighted by Gasteiger charge is 2.41. The Morgan fingerprint density at radius 2 is 1.77 bits per heavy atom. The standard InChI is InChI=1S/C19H28N4O3/c24-18(23-9-7-19(8-10-23)25-11-12-26-19)16-13-17(21-14-20-16)22-15-5-3-1-2-4-6-15/h13-15H,1-12H2,(H,20,21,22). The number of piperidine rings is 1. The number of carbonyl (C=O) groups is 1. The summed E-state index contributed by atoms with van der Waals surface area (Å²) in [5.41, 5.74) is 0.459. The van der Waals surface area contributed by atoms with Gasteiger partial charge in [-0.05, 0) is 12.8 Å². The Hall–Kier alpha value is -1.73. The SMILES string of the molecule is O=C(c1cc(NC2CCCCCC2)ncn1)N1CCC2(CC1)OCCO2. The van der Waals surface area contributed by atoms with E-state index in [1.807, 2.05) is 4.90 Å². The van der Waals surface area contributed by atoms with E-state index in [-0.39, 0.29) is 5.91 Å². The Balaban J connectivity index is 1.37. The van der Waals surface area contributed by atoms with Crippen molar-refractivity contribution >= 4 is 11.7 Å². The third kappa shape index (κ3) is 3.99. The van der Waals surface area contributed by atoms with Crippen LogP contribution in [0.5, 0.6) is 0 Å². The Kier molecular flexibility index (Phi) is 5.36. The van der Waals surface area contributed by atoms with Gasteiger partial charge in [-0.3, -0.25) is 4.79 Å². The minimum absolute atomic E-state index is 0.0378. The number of likely N-dealkylation sites (tertiary alicyclic amines) is 1. The highest BCUT2D eigenvalue weighted by Crippen LogP contribution is 2.31. The van der Waals surface area contributed by atoms with Crippen molar-refractivity contribution in [2.75, 3.05) is 31.6 Å². The van der Waals surface area contributed by atoms with E-state index < -0.39 is 5.79 Å². The first-order valence-corrected chi connectivity index (χ1v) is 9.90. The molecule has 1 aromatic rings. The van der Waals surface area contributed by atoms with Crippen LogP contribution in [0.15, 0.2) is 12.4 Å². The number of rotatable bonds is 3. The second-order valence-electron chi connectivity index (χ2n) is 7.52. The lowest BCUT2D eigenvalue weighted by Crippen LogP contribution is -2.47. The minimum atomic E-state index is -0.464. The van der Waals surface area contributed by atoms with Crippen LogP contribution in [0.4, 0.5) is 5.82 Å². The van der Waals surface area contributed by atoms with Gasteiger partial charge in [0.2, 0.25) is 0 Å². The van der Waals surface area contributed by atoms with Crippen molar-refractivity contribution < 1.29 is 14.3 Å². The summed E-state index contributed by atoms with van der Waals surface area (Å²) in [7, 11) is 0. The second-order valence-corrected chi connectivity index (χ2v) is 7.52. The van der Waals surface area contributed by atoms with Gasteiger partial charge < -0.3 is 19.7 Å². The molecule has 0 radical (unpaired) electrons. The van der Waals surface area contributed by atoms with Crippen LogP contribution in [0, 0.1) is 0 Å². The number of nitrogens with zero attached hydrogens (tertiary/aromatic N) is 3. The summed E-state index contributed by atoms with van der Waals surface area (Å²) >= 11 is 0. The maximum atomic E-state index is 12.8. The molecule has 0 unspecified atom stereocenters. The first-order valence-electron chi connectivity index (χ1n) is 9.90. The number of aromatic nitrogens is 2. The average molecular weight is 360 g/mol. The molecule has 1 spiro atoms. The number of carbonyl (C=O) groups excluding carboxylic acids is 1. The van der Waals surface area contributed by atoms with Crippen LogP contribution in [-0.4, -0.2) is 58.9 Å². The monoisotopic (exact) mass is 360 g/mol. The molecule has 1 N–H and O–H groups in total. The van der Waals surface area contributed by atoms with E-state index in [2.05, 4.69) is 15.3 Å². The maximum Gasteiger partial charge on any atom is 0.272 e. The molecular weight excluding hydrogens is 332 g/mol. The smallest absolute Gasteiger partial charge is 0.272 e. The average Bonchev–Trinajstić information content (AvgIpc) is 2.96. The Labute approximate surface area is 154 Å². The van der Waals surface area contributed by atoms with Crippen molar-refractivity contribution in [3.8, 4) is 0 Å². The molecule has 3 aliphatic rings. The van der Waals surface area contributed by atoms with Crippen molar-refractivity contribution in [2.24, 2.45) is 0 Å². The fourth-order valence-electron chi connectivity index (χ4n) is 4.18. The minimum Gasteiger partial charge on any atom is -0.367 e. The van der Waals surface area contributed by atoms with Gasteiger partial charge in [0.1, 0.15) is 17.8 Å². The molecule has 2 saturated heterocycles. The van der Waals surface area contributed by atoms with Gasteiger partial charge >= 0.3 is 0 Å². The van der Waals surface area contributed by atoms with Crippen LogP contribution in [0.25, 0.3) is 0 Å². The number of anilines is 1. The predicted octanol–water partition coefficient (Wildman–Crippen LogP) is 2.59. The molecule has 2 aliphatic heterocycles. The number of amides is 1. The molecule has 26 heavy (non-hydrogen) atoms. The molecule has 1 saturated carbocycles. The molecule has 0 bridgehead atoms. The molecule has 7 nitrogen and oxygen atoms in total. The van der Waals surface area contributed by atoms with Crippen LogP contribution < -0.4 is 5.32 Å². The molecular formula is C19H28N4O3. The number of hydrogen-bond acceptors (Lipinski definition) is 6. The van der Waals surface area contributed by atoms with Gasteiger partial charge in [0, 0.05) is 38.0 Å². The molecule has 1 aliphatic carbocycles. The number of nitrogens with one attached hydrogen (secondary N) is 1. The fraction of sp³-hybridized carbons (Fsp3) is 0.737. The molecule has 0 aromatic carbocycles. The lowest BCUT2D eigenvalue weighted by molar-refractivity contribution is -0.181. The van der Waals surface area contributed by atoms with Gasteiger partial charge in [0.25, 0.3) is 5.91 Å². The van der Waals surface area contributed by atoms with Crippen LogP contribution >= 0.6 is 0 Å². The molecule has 1 amide bonds. The van der Waals surface area contributed by atoms with Crippen LogP contribution in [0.1, 0.15) is 61.9 Å². The number of ether oxygens (including phenoxy) is 2. The molecule has 0 atom stereocenters. The van der Waals surface area contributed by atoms with Crippen LogP contribution in [0.3, 0.4) is 0 Å². The van der Waals surface area contributed by atoms with E-state index in [0.717, 1.165) is 18.7 Å². The van der Waals surface area contributed by atoms with Crippen LogP contribution in [0.2, 0.25) is 0 Å². The van der Waals surface area contributed by atoms with Gasteiger partial charge in [-0.25, -0.2) is 9.97 Å². The third-order valence-electron chi connectivity index (χ3n) is 5.72. The fourth-order valence-corrected chi connectivity index (χ4v) is 4.18. The lowest BCUT2D eigenvalue weighted by Gasteiger charge is -2.37. The van der Waals surface area contributed by atoms with Crippen molar-refractivity contribution in [3.05, 3.63) is 18.1 Å². The van der Waals surface area contributed by atoms with E-state index in [1.54, 1.807) is 6.07 Å². The van der Waals surface area contributed by atoms with E-state index in [0.29, 0.717) is 38.0 Å². The first-order chi connectivity index (χ1) is 12.7. The summed E-state index contributed by atoms with van der Waals surface area (Å²) in [6.07, 6.45) is 10.4. The van der Waals surface area contributed by atoms with Gasteiger partial charge in [0.15, 0.2) is 5.79 Å². The summed E-state index contributed by atoms with van der Waals surface area (Å²) in [4.78, 5) is 23.2. The third-order valence-corrected chi connectivity index (χ3v) is 5.72. The summed E-state index contributed by atoms with van der Waals surface area (Å²) in [6.45, 7) is 2.56. The summed E-state index contributed by atoms with van der Waals surface area (Å²) in [5.74, 6) is 0.254. The van der Waals surface area contributed by atoms with Crippen molar-refractivity contribution in [1.82, 2.24) is 14.9 Å². The van der Waals surface area contributed by atoms with Crippen molar-refractivity contribution in [3.63, 3.8) is 0 Å². The lowest BCUT2D eigenvalue weighted by atomic mass is 10.0. The molecule has 7 heteroatoms. The zero-order valence-corrected chi connectivity index (χ0v) is 15.3. The first kappa shape index (κ1) is 17.7. The summed E-state index contributed by atoms with van der Waals surface area (Å²) < 4.78 is 11.5. The zero-order valence-electron chi connectivity index (χ0n) is 15.3. The number of hydrogen-bond donors (Lipinski definition) is 1. The van der Waals surface area contributed by atoms with Crippen LogP contribution in [-0.2, 0) is 9.47 Å². The zero-order chi connectivity index (χ0) is 17.8. The molecule has 4 rings (SSSR count). The van der Waals surface area contributed by atoms with E-state index in [4.69, 9.17) is 9.47 Å². The van der Waals surface area contributed by atoms with E-state index in [1.165, 1.54) is 44.9 Å². The highest BCUT2D eigenvalue weighted by atomic mass is 16.7. The second kappa shape index (κ2) is 7.88. The van der Waals surface area contributed by atoms with Gasteiger partial charge in [0.05, 0.1) is 13.2 Å². The van der Waals surface area contributed by atoms with Gasteiger partial charge in [-0.15, -0.1) is 0 Å². The van der Waals surface area contributed by atoms with E-state index >= 15 is 0 Å².